The molecule has 0 aliphatic heterocycles. The van der Waals surface area contributed by atoms with Crippen molar-refractivity contribution in [2.45, 2.75) is 6.92 Å². The molecule has 1 aromatic carbocycles. The molecular formula is C10H13GeNO4. The molecule has 0 heterocycles. The van der Waals surface area contributed by atoms with Gasteiger partial charge in [0.15, 0.2) is 0 Å². The molecule has 1 amide bonds. The first-order chi connectivity index (χ1) is 6.09. The standard InChI is InChI=1S/C10H10GeNO.3H2O/c1-7(2)10(13)12-9-5-3-8(11)4-6-9;;;/h3-6H,1H2,2H3,(H,12,13);3*1H2/q+3;;;/p-3. The van der Waals surface area contributed by atoms with Gasteiger partial charge in [-0.15, -0.1) is 0 Å². The Morgan fingerprint density at radius 3 is 2.00 bits per heavy atom. The second-order valence-electron chi connectivity index (χ2n) is 2.81. The number of carbonyl (C=O) groups is 1. The summed E-state index contributed by atoms with van der Waals surface area (Å²) < 4.78 is 1.17. The predicted molar refractivity (Wildman–Crippen MR) is 61.1 cm³/mol. The summed E-state index contributed by atoms with van der Waals surface area (Å²) in [6.07, 6.45) is 0. The van der Waals surface area contributed by atoms with Crippen LogP contribution in [0.15, 0.2) is 36.4 Å². The molecule has 0 saturated carbocycles. The van der Waals surface area contributed by atoms with Gasteiger partial charge in [-0.25, -0.2) is 0 Å². The number of benzene rings is 1. The van der Waals surface area contributed by atoms with Gasteiger partial charge in [-0.1, -0.05) is 0 Å². The molecule has 86 valence electrons. The number of carbonyl (C=O) groups excluding carboxylic acids is 1. The molecule has 0 bridgehead atoms. The van der Waals surface area contributed by atoms with Crippen molar-refractivity contribution in [2.24, 2.45) is 0 Å². The third-order valence-electron chi connectivity index (χ3n) is 1.53. The van der Waals surface area contributed by atoms with Crippen molar-refractivity contribution in [3.63, 3.8) is 0 Å². The Morgan fingerprint density at radius 1 is 1.19 bits per heavy atom. The second-order valence-corrected chi connectivity index (χ2v) is 4.02. The van der Waals surface area contributed by atoms with Crippen LogP contribution in [0.4, 0.5) is 5.69 Å². The summed E-state index contributed by atoms with van der Waals surface area (Å²) in [5.41, 5.74) is 1.32. The number of amides is 1. The number of rotatable bonds is 2. The minimum absolute atomic E-state index is 0. The van der Waals surface area contributed by atoms with Crippen LogP contribution in [-0.2, 0) is 4.79 Å². The Bertz CT molecular complexity index is 337. The van der Waals surface area contributed by atoms with Gasteiger partial charge in [0.25, 0.3) is 0 Å². The molecular weight excluding hydrogens is 271 g/mol. The van der Waals surface area contributed by atoms with Gasteiger partial charge in [0.1, 0.15) is 0 Å². The zero-order valence-corrected chi connectivity index (χ0v) is 10.9. The van der Waals surface area contributed by atoms with E-state index in [1.165, 1.54) is 4.40 Å². The number of hydrogen-bond acceptors (Lipinski definition) is 4. The summed E-state index contributed by atoms with van der Waals surface area (Å²) >= 11 is 2.00. The van der Waals surface area contributed by atoms with Crippen LogP contribution in [-0.4, -0.2) is 38.8 Å². The first-order valence-electron chi connectivity index (χ1n) is 3.88. The molecule has 0 spiro atoms. The maximum Gasteiger partial charge on any atom is -0.870 e. The van der Waals surface area contributed by atoms with Gasteiger partial charge < -0.3 is 16.4 Å². The average molecular weight is 284 g/mol. The van der Waals surface area contributed by atoms with Gasteiger partial charge in [0.2, 0.25) is 0 Å². The number of hydrogen-bond donors (Lipinski definition) is 1. The predicted octanol–water partition coefficient (Wildman–Crippen LogP) is 0.465. The normalized spacial score (nSPS) is 7.69. The van der Waals surface area contributed by atoms with Crippen LogP contribution in [0.2, 0.25) is 0 Å². The Balaban J connectivity index is -0.000000563. The van der Waals surface area contributed by atoms with E-state index >= 15 is 0 Å². The monoisotopic (exact) mass is 285 g/mol. The molecule has 5 nitrogen and oxygen atoms in total. The van der Waals surface area contributed by atoms with E-state index in [2.05, 4.69) is 11.9 Å². The first kappa shape index (κ1) is 20.3. The van der Waals surface area contributed by atoms with Gasteiger partial charge in [0.05, 0.1) is 0 Å². The molecule has 1 rings (SSSR count). The molecule has 4 N–H and O–H groups in total. The molecule has 0 fully saturated rings. The summed E-state index contributed by atoms with van der Waals surface area (Å²) in [6, 6.07) is 7.65. The molecule has 0 unspecified atom stereocenters. The van der Waals surface area contributed by atoms with E-state index in [1.54, 1.807) is 6.92 Å². The number of nitrogens with one attached hydrogen (secondary N) is 1. The van der Waals surface area contributed by atoms with Crippen LogP contribution < -0.4 is 9.71 Å². The van der Waals surface area contributed by atoms with Crippen molar-refractivity contribution in [2.75, 3.05) is 5.32 Å². The van der Waals surface area contributed by atoms with Crippen LogP contribution in [0.3, 0.4) is 0 Å². The fourth-order valence-electron chi connectivity index (χ4n) is 0.791. The van der Waals surface area contributed by atoms with Gasteiger partial charge in [-0.05, 0) is 0 Å². The smallest absolute Gasteiger partial charge is 0.870 e. The Morgan fingerprint density at radius 2 is 1.62 bits per heavy atom. The van der Waals surface area contributed by atoms with Crippen molar-refractivity contribution < 1.29 is 21.2 Å². The SMILES string of the molecule is C=C(C)C(=O)Nc1cc[c]([Ge+3])cc1.[OH-].[OH-].[OH-]. The van der Waals surface area contributed by atoms with Crippen LogP contribution in [0.5, 0.6) is 0 Å². The van der Waals surface area contributed by atoms with E-state index in [0.717, 1.165) is 5.69 Å². The van der Waals surface area contributed by atoms with Gasteiger partial charge in [-0.3, -0.25) is 0 Å². The van der Waals surface area contributed by atoms with Crippen molar-refractivity contribution in [1.29, 1.82) is 0 Å². The van der Waals surface area contributed by atoms with Gasteiger partial charge >= 0.3 is 86.0 Å². The van der Waals surface area contributed by atoms with Crippen LogP contribution in [0.1, 0.15) is 6.92 Å². The maximum absolute atomic E-state index is 11.2. The summed E-state index contributed by atoms with van der Waals surface area (Å²) in [5, 5.41) is 2.73. The van der Waals surface area contributed by atoms with E-state index in [0.29, 0.717) is 5.57 Å². The quantitative estimate of drug-likeness (QED) is 0.626. The molecule has 0 saturated heterocycles. The van der Waals surface area contributed by atoms with Crippen molar-refractivity contribution >= 4 is 32.5 Å². The Kier molecular flexibility index (Phi) is 11.5. The fraction of sp³-hybridized carbons (Fsp3) is 0.100. The van der Waals surface area contributed by atoms with E-state index in [1.807, 2.05) is 40.8 Å². The van der Waals surface area contributed by atoms with Crippen LogP contribution in [0, 0.1) is 0 Å². The molecule has 1 aromatic rings. The van der Waals surface area contributed by atoms with Crippen LogP contribution >= 0.6 is 0 Å². The molecule has 6 heteroatoms. The van der Waals surface area contributed by atoms with E-state index < -0.39 is 0 Å². The molecule has 0 aliphatic rings. The Hall–Kier alpha value is -1.15. The minimum Gasteiger partial charge on any atom is -0.870 e. The van der Waals surface area contributed by atoms with Crippen molar-refractivity contribution in [3.05, 3.63) is 36.4 Å². The Labute approximate surface area is 103 Å². The van der Waals surface area contributed by atoms with E-state index in [4.69, 9.17) is 0 Å². The molecule has 16 heavy (non-hydrogen) atoms. The van der Waals surface area contributed by atoms with Crippen molar-refractivity contribution in [1.82, 2.24) is 0 Å². The fourth-order valence-corrected chi connectivity index (χ4v) is 1.14. The second kappa shape index (κ2) is 9.11. The molecule has 0 atom stereocenters. The summed E-state index contributed by atoms with van der Waals surface area (Å²) in [4.78, 5) is 11.2. The molecule has 0 aromatic heterocycles. The largest absolute Gasteiger partial charge is 0.870 e. The maximum atomic E-state index is 11.2. The molecule has 0 aliphatic carbocycles. The minimum atomic E-state index is -0.135. The van der Waals surface area contributed by atoms with Gasteiger partial charge in [0, 0.05) is 0 Å². The topological polar surface area (TPSA) is 119 Å². The number of anilines is 1. The summed E-state index contributed by atoms with van der Waals surface area (Å²) in [6.45, 7) is 5.24. The first-order valence-corrected chi connectivity index (χ1v) is 4.93. The summed E-state index contributed by atoms with van der Waals surface area (Å²) in [5.74, 6) is -0.135. The van der Waals surface area contributed by atoms with E-state index in [-0.39, 0.29) is 22.3 Å². The molecule has 0 radical (unpaired) electrons. The average Bonchev–Trinajstić information content (AvgIpc) is 2.08. The summed E-state index contributed by atoms with van der Waals surface area (Å²) in [7, 11) is 0. The van der Waals surface area contributed by atoms with E-state index in [9.17, 15) is 4.79 Å². The third kappa shape index (κ3) is 6.36. The van der Waals surface area contributed by atoms with Crippen LogP contribution in [0.25, 0.3) is 0 Å². The zero-order valence-electron chi connectivity index (χ0n) is 8.77. The third-order valence-corrected chi connectivity index (χ3v) is 2.23. The zero-order chi connectivity index (χ0) is 9.84. The van der Waals surface area contributed by atoms with Gasteiger partial charge in [-0.2, -0.15) is 0 Å². The van der Waals surface area contributed by atoms with Crippen molar-refractivity contribution in [3.8, 4) is 0 Å².